The maximum Gasteiger partial charge on any atom is 0.0986 e. The van der Waals surface area contributed by atoms with Crippen molar-refractivity contribution in [1.29, 1.82) is 0 Å². The maximum atomic E-state index is 5.59. The van der Waals surface area contributed by atoms with Gasteiger partial charge < -0.3 is 4.74 Å². The second-order valence-corrected chi connectivity index (χ2v) is 4.37. The number of hydrogen-bond acceptors (Lipinski definition) is 1. The van der Waals surface area contributed by atoms with Crippen LogP contribution in [0.2, 0.25) is 0 Å². The monoisotopic (exact) mass is 196 g/mol. The zero-order chi connectivity index (χ0) is 10.2. The average Bonchev–Trinajstić information content (AvgIpc) is 2.58. The van der Waals surface area contributed by atoms with Crippen LogP contribution in [-0.2, 0) is 4.74 Å². The molecule has 1 atom stereocenters. The summed E-state index contributed by atoms with van der Waals surface area (Å²) in [4.78, 5) is 0. The summed E-state index contributed by atoms with van der Waals surface area (Å²) in [5.41, 5.74) is 0. The van der Waals surface area contributed by atoms with Gasteiger partial charge >= 0.3 is 0 Å². The van der Waals surface area contributed by atoms with E-state index in [1.807, 2.05) is 0 Å². The molecule has 1 saturated heterocycles. The highest BCUT2D eigenvalue weighted by molar-refractivity contribution is 4.90. The predicted octanol–water partition coefficient (Wildman–Crippen LogP) is 4.43. The SMILES string of the molecule is C=C1CCC(CCCCCCCC)O1. The fraction of sp³-hybridized carbons (Fsp3) is 0.846. The van der Waals surface area contributed by atoms with E-state index in [0.29, 0.717) is 6.10 Å². The van der Waals surface area contributed by atoms with Crippen LogP contribution in [0, 0.1) is 0 Å². The fourth-order valence-corrected chi connectivity index (χ4v) is 2.03. The number of rotatable bonds is 7. The molecule has 1 aliphatic rings. The summed E-state index contributed by atoms with van der Waals surface area (Å²) in [6.45, 7) is 6.11. The number of unbranched alkanes of at least 4 members (excludes halogenated alkanes) is 5. The van der Waals surface area contributed by atoms with Crippen molar-refractivity contribution in [1.82, 2.24) is 0 Å². The van der Waals surface area contributed by atoms with E-state index in [2.05, 4.69) is 13.5 Å². The third kappa shape index (κ3) is 4.69. The summed E-state index contributed by atoms with van der Waals surface area (Å²) in [7, 11) is 0. The van der Waals surface area contributed by atoms with Gasteiger partial charge in [0.15, 0.2) is 0 Å². The Balaban J connectivity index is 1.86. The predicted molar refractivity (Wildman–Crippen MR) is 61.2 cm³/mol. The molecule has 0 aromatic heterocycles. The quantitative estimate of drug-likeness (QED) is 0.547. The molecule has 1 heteroatoms. The molecule has 1 aliphatic heterocycles. The molecular formula is C13H24O. The first-order valence-corrected chi connectivity index (χ1v) is 6.17. The Bertz CT molecular complexity index is 163. The number of ether oxygens (including phenoxy) is 1. The summed E-state index contributed by atoms with van der Waals surface area (Å²) in [6.07, 6.45) is 12.3. The van der Waals surface area contributed by atoms with Gasteiger partial charge in [-0.2, -0.15) is 0 Å². The molecule has 1 heterocycles. The molecule has 0 aromatic rings. The van der Waals surface area contributed by atoms with Gasteiger partial charge in [-0.3, -0.25) is 0 Å². The minimum absolute atomic E-state index is 0.494. The highest BCUT2D eigenvalue weighted by Gasteiger charge is 2.17. The van der Waals surface area contributed by atoms with E-state index in [1.54, 1.807) is 0 Å². The molecule has 1 nitrogen and oxygen atoms in total. The van der Waals surface area contributed by atoms with Crippen molar-refractivity contribution in [2.45, 2.75) is 70.8 Å². The Morgan fingerprint density at radius 2 is 1.93 bits per heavy atom. The second-order valence-electron chi connectivity index (χ2n) is 4.37. The molecule has 0 radical (unpaired) electrons. The Hall–Kier alpha value is -0.460. The average molecular weight is 196 g/mol. The van der Waals surface area contributed by atoms with Crippen molar-refractivity contribution in [2.75, 3.05) is 0 Å². The summed E-state index contributed by atoms with van der Waals surface area (Å²) >= 11 is 0. The van der Waals surface area contributed by atoms with Gasteiger partial charge in [-0.05, 0) is 19.3 Å². The van der Waals surface area contributed by atoms with E-state index in [0.717, 1.165) is 12.2 Å². The first-order valence-electron chi connectivity index (χ1n) is 6.17. The molecule has 0 amide bonds. The summed E-state index contributed by atoms with van der Waals surface area (Å²) in [6, 6.07) is 0. The van der Waals surface area contributed by atoms with Crippen LogP contribution >= 0.6 is 0 Å². The molecule has 0 aliphatic carbocycles. The van der Waals surface area contributed by atoms with Gasteiger partial charge in [0.25, 0.3) is 0 Å². The topological polar surface area (TPSA) is 9.23 Å². The lowest BCUT2D eigenvalue weighted by atomic mass is 10.1. The first kappa shape index (κ1) is 11.6. The molecule has 14 heavy (non-hydrogen) atoms. The van der Waals surface area contributed by atoms with Crippen molar-refractivity contribution in [2.24, 2.45) is 0 Å². The number of allylic oxidation sites excluding steroid dienone is 1. The maximum absolute atomic E-state index is 5.59. The van der Waals surface area contributed by atoms with Gasteiger partial charge in [0.1, 0.15) is 0 Å². The lowest BCUT2D eigenvalue weighted by molar-refractivity contribution is 0.149. The molecule has 0 bridgehead atoms. The van der Waals surface area contributed by atoms with Gasteiger partial charge in [-0.15, -0.1) is 0 Å². The lowest BCUT2D eigenvalue weighted by Gasteiger charge is -2.09. The Kier molecular flexibility index (Phi) is 5.74. The third-order valence-electron chi connectivity index (χ3n) is 2.96. The normalized spacial score (nSPS) is 21.2. The minimum atomic E-state index is 0.494. The van der Waals surface area contributed by atoms with Crippen molar-refractivity contribution in [3.8, 4) is 0 Å². The van der Waals surface area contributed by atoms with Gasteiger partial charge in [-0.1, -0.05) is 45.6 Å². The van der Waals surface area contributed by atoms with Crippen molar-refractivity contribution in [3.63, 3.8) is 0 Å². The lowest BCUT2D eigenvalue weighted by Crippen LogP contribution is -2.03. The summed E-state index contributed by atoms with van der Waals surface area (Å²) in [5, 5.41) is 0. The first-order chi connectivity index (χ1) is 6.83. The molecule has 82 valence electrons. The van der Waals surface area contributed by atoms with Crippen molar-refractivity contribution >= 4 is 0 Å². The van der Waals surface area contributed by atoms with Gasteiger partial charge in [0.2, 0.25) is 0 Å². The van der Waals surface area contributed by atoms with E-state index < -0.39 is 0 Å². The molecule has 1 unspecified atom stereocenters. The molecule has 0 spiro atoms. The summed E-state index contributed by atoms with van der Waals surface area (Å²) < 4.78 is 5.59. The Labute approximate surface area is 88.5 Å². The molecule has 0 N–H and O–H groups in total. The second kappa shape index (κ2) is 6.92. The Morgan fingerprint density at radius 1 is 1.21 bits per heavy atom. The largest absolute Gasteiger partial charge is 0.495 e. The van der Waals surface area contributed by atoms with Crippen molar-refractivity contribution < 1.29 is 4.74 Å². The van der Waals surface area contributed by atoms with Crippen LogP contribution in [0.3, 0.4) is 0 Å². The zero-order valence-electron chi connectivity index (χ0n) is 9.56. The van der Waals surface area contributed by atoms with Crippen molar-refractivity contribution in [3.05, 3.63) is 12.3 Å². The van der Waals surface area contributed by atoms with E-state index in [9.17, 15) is 0 Å². The van der Waals surface area contributed by atoms with E-state index in [1.165, 1.54) is 51.4 Å². The third-order valence-corrected chi connectivity index (χ3v) is 2.96. The van der Waals surface area contributed by atoms with Crippen LogP contribution in [0.15, 0.2) is 12.3 Å². The number of hydrogen-bond donors (Lipinski definition) is 0. The minimum Gasteiger partial charge on any atom is -0.495 e. The van der Waals surface area contributed by atoms with E-state index >= 15 is 0 Å². The molecule has 0 saturated carbocycles. The van der Waals surface area contributed by atoms with Gasteiger partial charge in [-0.25, -0.2) is 0 Å². The van der Waals surface area contributed by atoms with Crippen LogP contribution in [0.5, 0.6) is 0 Å². The standard InChI is InChI=1S/C13H24O/c1-3-4-5-6-7-8-9-13-11-10-12(2)14-13/h13H,2-11H2,1H3. The van der Waals surface area contributed by atoms with Crippen LogP contribution in [0.25, 0.3) is 0 Å². The smallest absolute Gasteiger partial charge is 0.0986 e. The Morgan fingerprint density at radius 3 is 2.57 bits per heavy atom. The van der Waals surface area contributed by atoms with Crippen LogP contribution < -0.4 is 0 Å². The van der Waals surface area contributed by atoms with Gasteiger partial charge in [0.05, 0.1) is 11.9 Å². The summed E-state index contributed by atoms with van der Waals surface area (Å²) in [5.74, 6) is 1.00. The van der Waals surface area contributed by atoms with Crippen LogP contribution in [-0.4, -0.2) is 6.10 Å². The van der Waals surface area contributed by atoms with Crippen LogP contribution in [0.1, 0.15) is 64.7 Å². The molecular weight excluding hydrogens is 172 g/mol. The fourth-order valence-electron chi connectivity index (χ4n) is 2.03. The zero-order valence-corrected chi connectivity index (χ0v) is 9.56. The van der Waals surface area contributed by atoms with Gasteiger partial charge in [0, 0.05) is 6.42 Å². The molecule has 1 fully saturated rings. The van der Waals surface area contributed by atoms with E-state index in [4.69, 9.17) is 4.74 Å². The molecule has 0 aromatic carbocycles. The highest BCUT2D eigenvalue weighted by atomic mass is 16.5. The highest BCUT2D eigenvalue weighted by Crippen LogP contribution is 2.25. The van der Waals surface area contributed by atoms with E-state index in [-0.39, 0.29) is 0 Å². The molecule has 1 rings (SSSR count). The van der Waals surface area contributed by atoms with Crippen LogP contribution in [0.4, 0.5) is 0 Å².